The summed E-state index contributed by atoms with van der Waals surface area (Å²) in [4.78, 5) is 15.6. The van der Waals surface area contributed by atoms with Gasteiger partial charge in [-0.05, 0) is 12.8 Å². The Bertz CT molecular complexity index is 584. The van der Waals surface area contributed by atoms with E-state index in [0.29, 0.717) is 12.5 Å². The summed E-state index contributed by atoms with van der Waals surface area (Å²) in [6, 6.07) is 0. The number of rotatable bonds is 4. The molecule has 19 heavy (non-hydrogen) atoms. The largest absolute Gasteiger partial charge is 0.364 e. The fourth-order valence-corrected chi connectivity index (χ4v) is 3.39. The van der Waals surface area contributed by atoms with Gasteiger partial charge in [-0.3, -0.25) is 4.79 Å². The van der Waals surface area contributed by atoms with Gasteiger partial charge in [-0.25, -0.2) is 9.67 Å². The molecule has 0 aliphatic heterocycles. The molecular formula is C12H15N5OS. The van der Waals surface area contributed by atoms with Crippen molar-refractivity contribution in [2.75, 3.05) is 0 Å². The Balaban J connectivity index is 1.70. The molecule has 0 spiro atoms. The topological polar surface area (TPSA) is 86.7 Å². The number of amides is 1. The summed E-state index contributed by atoms with van der Waals surface area (Å²) in [7, 11) is 0. The first-order valence-corrected chi connectivity index (χ1v) is 7.24. The molecule has 0 atom stereocenters. The van der Waals surface area contributed by atoms with Crippen molar-refractivity contribution in [3.05, 3.63) is 28.0 Å². The second-order valence-electron chi connectivity index (χ2n) is 4.82. The molecule has 1 aliphatic rings. The fraction of sp³-hybridized carbons (Fsp3) is 0.500. The standard InChI is InChI=1S/C12H15N5OS/c13-11(18)10-6-17(16-15-10)5-9-7-19-12(14-9)8-3-1-2-4-8/h6-8H,1-5H2,(H2,13,18). The van der Waals surface area contributed by atoms with E-state index in [-0.39, 0.29) is 5.69 Å². The highest BCUT2D eigenvalue weighted by atomic mass is 32.1. The maximum Gasteiger partial charge on any atom is 0.270 e. The third kappa shape index (κ3) is 2.65. The van der Waals surface area contributed by atoms with Gasteiger partial charge in [0.15, 0.2) is 5.69 Å². The van der Waals surface area contributed by atoms with Crippen LogP contribution in [0, 0.1) is 0 Å². The van der Waals surface area contributed by atoms with Crippen molar-refractivity contribution in [2.45, 2.75) is 38.1 Å². The van der Waals surface area contributed by atoms with E-state index in [2.05, 4.69) is 20.7 Å². The summed E-state index contributed by atoms with van der Waals surface area (Å²) in [5, 5.41) is 10.9. The Morgan fingerprint density at radius 3 is 2.95 bits per heavy atom. The summed E-state index contributed by atoms with van der Waals surface area (Å²) < 4.78 is 1.59. The SMILES string of the molecule is NC(=O)c1cn(Cc2csc(C3CCCC3)n2)nn1. The lowest BCUT2D eigenvalue weighted by atomic mass is 10.1. The second kappa shape index (κ2) is 5.08. The van der Waals surface area contributed by atoms with Gasteiger partial charge in [0, 0.05) is 11.3 Å². The number of nitrogens with two attached hydrogens (primary N) is 1. The Morgan fingerprint density at radius 2 is 2.26 bits per heavy atom. The molecule has 0 unspecified atom stereocenters. The van der Waals surface area contributed by atoms with Crippen molar-refractivity contribution < 1.29 is 4.79 Å². The molecule has 2 heterocycles. The monoisotopic (exact) mass is 277 g/mol. The number of hydrogen-bond acceptors (Lipinski definition) is 5. The van der Waals surface area contributed by atoms with Crippen LogP contribution in [0.5, 0.6) is 0 Å². The zero-order valence-electron chi connectivity index (χ0n) is 10.5. The first kappa shape index (κ1) is 12.3. The van der Waals surface area contributed by atoms with Crippen molar-refractivity contribution >= 4 is 17.2 Å². The molecule has 2 aromatic rings. The summed E-state index contributed by atoms with van der Waals surface area (Å²) in [5.74, 6) is 0.0758. The van der Waals surface area contributed by atoms with Crippen LogP contribution in [0.3, 0.4) is 0 Å². The lowest BCUT2D eigenvalue weighted by molar-refractivity contribution is 0.0995. The van der Waals surface area contributed by atoms with Crippen LogP contribution < -0.4 is 5.73 Å². The zero-order valence-corrected chi connectivity index (χ0v) is 11.3. The fourth-order valence-electron chi connectivity index (χ4n) is 2.41. The van der Waals surface area contributed by atoms with Gasteiger partial charge in [0.1, 0.15) is 0 Å². The van der Waals surface area contributed by atoms with Gasteiger partial charge >= 0.3 is 0 Å². The molecule has 0 bridgehead atoms. The number of aromatic nitrogens is 4. The highest BCUT2D eigenvalue weighted by Gasteiger charge is 2.20. The summed E-state index contributed by atoms with van der Waals surface area (Å²) >= 11 is 1.71. The van der Waals surface area contributed by atoms with E-state index >= 15 is 0 Å². The van der Waals surface area contributed by atoms with Crippen LogP contribution in [0.15, 0.2) is 11.6 Å². The van der Waals surface area contributed by atoms with Gasteiger partial charge < -0.3 is 5.73 Å². The molecule has 2 N–H and O–H groups in total. The van der Waals surface area contributed by atoms with Gasteiger partial charge in [0.25, 0.3) is 5.91 Å². The third-order valence-electron chi connectivity index (χ3n) is 3.39. The average molecular weight is 277 g/mol. The van der Waals surface area contributed by atoms with Crippen molar-refractivity contribution in [2.24, 2.45) is 5.73 Å². The lowest BCUT2D eigenvalue weighted by Crippen LogP contribution is -2.11. The molecule has 3 rings (SSSR count). The van der Waals surface area contributed by atoms with Gasteiger partial charge in [-0.1, -0.05) is 18.1 Å². The lowest BCUT2D eigenvalue weighted by Gasteiger charge is -2.02. The molecule has 6 nitrogen and oxygen atoms in total. The predicted octanol–water partition coefficient (Wildman–Crippen LogP) is 1.54. The van der Waals surface area contributed by atoms with Gasteiger partial charge in [0.05, 0.1) is 23.4 Å². The number of carbonyl (C=O) groups is 1. The number of nitrogens with zero attached hydrogens (tertiary/aromatic N) is 4. The van der Waals surface area contributed by atoms with Gasteiger partial charge in [-0.2, -0.15) is 0 Å². The Kier molecular flexibility index (Phi) is 3.29. The molecule has 1 amide bonds. The van der Waals surface area contributed by atoms with Crippen molar-refractivity contribution in [3.63, 3.8) is 0 Å². The predicted molar refractivity (Wildman–Crippen MR) is 71.0 cm³/mol. The highest BCUT2D eigenvalue weighted by molar-refractivity contribution is 7.09. The minimum Gasteiger partial charge on any atom is -0.364 e. The maximum absolute atomic E-state index is 10.9. The van der Waals surface area contributed by atoms with Crippen LogP contribution in [0.25, 0.3) is 0 Å². The van der Waals surface area contributed by atoms with Crippen molar-refractivity contribution in [1.82, 2.24) is 20.0 Å². The van der Waals surface area contributed by atoms with Crippen LogP contribution in [-0.4, -0.2) is 25.9 Å². The van der Waals surface area contributed by atoms with E-state index in [1.165, 1.54) is 30.7 Å². The van der Waals surface area contributed by atoms with E-state index in [0.717, 1.165) is 5.69 Å². The minimum absolute atomic E-state index is 0.186. The van der Waals surface area contributed by atoms with Crippen LogP contribution >= 0.6 is 11.3 Å². The summed E-state index contributed by atoms with van der Waals surface area (Å²) in [6.07, 6.45) is 6.68. The molecular weight excluding hydrogens is 262 g/mol. The molecule has 0 radical (unpaired) electrons. The molecule has 1 aliphatic carbocycles. The Labute approximate surface area is 114 Å². The van der Waals surface area contributed by atoms with Gasteiger partial charge in [-0.15, -0.1) is 16.4 Å². The molecule has 2 aromatic heterocycles. The normalized spacial score (nSPS) is 16.0. The van der Waals surface area contributed by atoms with Gasteiger partial charge in [0.2, 0.25) is 0 Å². The van der Waals surface area contributed by atoms with Crippen LogP contribution in [0.1, 0.15) is 52.8 Å². The second-order valence-corrected chi connectivity index (χ2v) is 5.71. The summed E-state index contributed by atoms with van der Waals surface area (Å²) in [5.41, 5.74) is 6.29. The van der Waals surface area contributed by atoms with E-state index in [1.54, 1.807) is 22.2 Å². The quantitative estimate of drug-likeness (QED) is 0.918. The minimum atomic E-state index is -0.559. The van der Waals surface area contributed by atoms with E-state index in [9.17, 15) is 4.79 Å². The van der Waals surface area contributed by atoms with E-state index in [4.69, 9.17) is 5.73 Å². The van der Waals surface area contributed by atoms with E-state index < -0.39 is 5.91 Å². The first-order chi connectivity index (χ1) is 9.22. The van der Waals surface area contributed by atoms with Crippen molar-refractivity contribution in [3.8, 4) is 0 Å². The molecule has 7 heteroatoms. The number of primary amides is 1. The third-order valence-corrected chi connectivity index (χ3v) is 4.45. The number of carbonyl (C=O) groups excluding carboxylic acids is 1. The van der Waals surface area contributed by atoms with E-state index in [1.807, 2.05) is 0 Å². The Morgan fingerprint density at radius 1 is 1.47 bits per heavy atom. The molecule has 100 valence electrons. The van der Waals surface area contributed by atoms with Crippen LogP contribution in [0.4, 0.5) is 0 Å². The molecule has 1 fully saturated rings. The summed E-state index contributed by atoms with van der Waals surface area (Å²) in [6.45, 7) is 0.531. The number of thiazole rings is 1. The average Bonchev–Trinajstić information content (AvgIpc) is 3.09. The van der Waals surface area contributed by atoms with Crippen LogP contribution in [-0.2, 0) is 6.54 Å². The first-order valence-electron chi connectivity index (χ1n) is 6.36. The highest BCUT2D eigenvalue weighted by Crippen LogP contribution is 2.35. The Hall–Kier alpha value is -1.76. The molecule has 1 saturated carbocycles. The number of hydrogen-bond donors (Lipinski definition) is 1. The molecule has 0 aromatic carbocycles. The smallest absolute Gasteiger partial charge is 0.270 e. The zero-order chi connectivity index (χ0) is 13.2. The molecule has 0 saturated heterocycles. The maximum atomic E-state index is 10.9. The van der Waals surface area contributed by atoms with Crippen LogP contribution in [0.2, 0.25) is 0 Å². The van der Waals surface area contributed by atoms with Crippen molar-refractivity contribution in [1.29, 1.82) is 0 Å².